The number of nitrogens with one attached hydrogen (secondary N) is 2. The highest BCUT2D eigenvalue weighted by atomic mass is 35.5. The molecule has 0 unspecified atom stereocenters. The molecule has 2 aromatic carbocycles. The van der Waals surface area contributed by atoms with Crippen LogP contribution in [0.4, 0.5) is 15.8 Å². The molecule has 0 fully saturated rings. The minimum Gasteiger partial charge on any atom is -0.385 e. The molecule has 2 amide bonds. The van der Waals surface area contributed by atoms with Crippen LogP contribution in [0.1, 0.15) is 11.1 Å². The van der Waals surface area contributed by atoms with Crippen molar-refractivity contribution >= 4 is 41.0 Å². The van der Waals surface area contributed by atoms with Gasteiger partial charge in [-0.1, -0.05) is 34.5 Å². The van der Waals surface area contributed by atoms with E-state index in [1.165, 1.54) is 12.1 Å². The first-order valence-electron chi connectivity index (χ1n) is 7.63. The molecular weight excluding hydrogens is 361 g/mol. The third kappa shape index (κ3) is 5.86. The fourth-order valence-electron chi connectivity index (χ4n) is 2.08. The van der Waals surface area contributed by atoms with Crippen LogP contribution in [0.5, 0.6) is 0 Å². The number of nitrogens with zero attached hydrogens (tertiary/aromatic N) is 1. The Morgan fingerprint density at radius 2 is 1.88 bits per heavy atom. The van der Waals surface area contributed by atoms with Crippen molar-refractivity contribution in [3.05, 3.63) is 58.4 Å². The largest absolute Gasteiger partial charge is 0.385 e. The summed E-state index contributed by atoms with van der Waals surface area (Å²) in [7, 11) is 0. The zero-order valence-corrected chi connectivity index (χ0v) is 14.9. The van der Waals surface area contributed by atoms with Crippen LogP contribution in [0, 0.1) is 19.7 Å². The molecule has 0 saturated carbocycles. The Balaban J connectivity index is 1.79. The Bertz CT molecular complexity index is 856. The summed E-state index contributed by atoms with van der Waals surface area (Å²) in [5, 5.41) is 8.59. The third-order valence-electron chi connectivity index (χ3n) is 3.29. The summed E-state index contributed by atoms with van der Waals surface area (Å²) in [5.74, 6) is -1.79. The molecule has 0 aliphatic rings. The highest BCUT2D eigenvalue weighted by Gasteiger charge is 2.08. The maximum Gasteiger partial charge on any atom is 0.270 e. The standard InChI is InChI=1S/C18H17ClFN3O3/c1-11-3-5-15(12(2)7-11)22-17(24)9-21-26-10-18(25)23-16-6-4-13(19)8-14(16)20/h3-9H,10H2,1-2H3,(H,22,24)(H,23,25)/b21-9-. The van der Waals surface area contributed by atoms with Crippen molar-refractivity contribution in [3.8, 4) is 0 Å². The van der Waals surface area contributed by atoms with Gasteiger partial charge in [-0.05, 0) is 43.7 Å². The number of carbonyl (C=O) groups excluding carboxylic acids is 2. The molecule has 0 aliphatic heterocycles. The highest BCUT2D eigenvalue weighted by Crippen LogP contribution is 2.18. The average Bonchev–Trinajstić information content (AvgIpc) is 2.57. The second-order valence-electron chi connectivity index (χ2n) is 5.49. The fraction of sp³-hybridized carbons (Fsp3) is 0.167. The molecule has 8 heteroatoms. The van der Waals surface area contributed by atoms with Gasteiger partial charge in [0.15, 0.2) is 6.61 Å². The van der Waals surface area contributed by atoms with Crippen molar-refractivity contribution < 1.29 is 18.8 Å². The molecule has 0 saturated heterocycles. The predicted molar refractivity (Wildman–Crippen MR) is 99.0 cm³/mol. The molecule has 2 rings (SSSR count). The molecular formula is C18H17ClFN3O3. The zero-order chi connectivity index (χ0) is 19.1. The number of rotatable bonds is 6. The van der Waals surface area contributed by atoms with Crippen LogP contribution in [0.2, 0.25) is 5.02 Å². The summed E-state index contributed by atoms with van der Waals surface area (Å²) in [5.41, 5.74) is 2.63. The SMILES string of the molecule is Cc1ccc(NC(=O)/C=N\OCC(=O)Nc2ccc(Cl)cc2F)c(C)c1. The maximum absolute atomic E-state index is 13.5. The Labute approximate surface area is 155 Å². The number of amides is 2. The summed E-state index contributed by atoms with van der Waals surface area (Å²) in [4.78, 5) is 28.1. The summed E-state index contributed by atoms with van der Waals surface area (Å²) in [6.45, 7) is 3.35. The summed E-state index contributed by atoms with van der Waals surface area (Å²) in [6, 6.07) is 9.44. The first-order chi connectivity index (χ1) is 12.3. The molecule has 0 aromatic heterocycles. The van der Waals surface area contributed by atoms with E-state index in [-0.39, 0.29) is 10.7 Å². The van der Waals surface area contributed by atoms with Crippen LogP contribution in [-0.4, -0.2) is 24.6 Å². The minimum atomic E-state index is -0.665. The van der Waals surface area contributed by atoms with E-state index in [4.69, 9.17) is 16.4 Å². The van der Waals surface area contributed by atoms with E-state index in [0.29, 0.717) is 5.69 Å². The van der Waals surface area contributed by atoms with E-state index in [1.807, 2.05) is 26.0 Å². The van der Waals surface area contributed by atoms with Gasteiger partial charge in [-0.3, -0.25) is 9.59 Å². The normalized spacial score (nSPS) is 10.6. The number of hydrogen-bond donors (Lipinski definition) is 2. The van der Waals surface area contributed by atoms with Crippen molar-refractivity contribution in [2.24, 2.45) is 5.16 Å². The second-order valence-corrected chi connectivity index (χ2v) is 5.92. The summed E-state index contributed by atoms with van der Waals surface area (Å²) in [6.07, 6.45) is 0.912. The predicted octanol–water partition coefficient (Wildman–Crippen LogP) is 3.68. The zero-order valence-electron chi connectivity index (χ0n) is 14.2. The molecule has 2 aromatic rings. The van der Waals surface area contributed by atoms with Crippen molar-refractivity contribution in [1.82, 2.24) is 0 Å². The van der Waals surface area contributed by atoms with Gasteiger partial charge < -0.3 is 15.5 Å². The molecule has 2 N–H and O–H groups in total. The number of benzene rings is 2. The van der Waals surface area contributed by atoms with Crippen molar-refractivity contribution in [3.63, 3.8) is 0 Å². The summed E-state index contributed by atoms with van der Waals surface area (Å²) >= 11 is 5.63. The van der Waals surface area contributed by atoms with Gasteiger partial charge >= 0.3 is 0 Å². The number of oxime groups is 1. The fourth-order valence-corrected chi connectivity index (χ4v) is 2.24. The molecule has 26 heavy (non-hydrogen) atoms. The average molecular weight is 378 g/mol. The van der Waals surface area contributed by atoms with E-state index in [1.54, 1.807) is 6.07 Å². The molecule has 0 heterocycles. The number of anilines is 2. The Morgan fingerprint density at radius 3 is 2.58 bits per heavy atom. The topological polar surface area (TPSA) is 79.8 Å². The monoisotopic (exact) mass is 377 g/mol. The first-order valence-corrected chi connectivity index (χ1v) is 8.01. The van der Waals surface area contributed by atoms with Gasteiger partial charge in [-0.15, -0.1) is 0 Å². The lowest BCUT2D eigenvalue weighted by atomic mass is 10.1. The van der Waals surface area contributed by atoms with Crippen LogP contribution in [0.15, 0.2) is 41.6 Å². The second kappa shape index (κ2) is 8.96. The lowest BCUT2D eigenvalue weighted by Crippen LogP contribution is -2.18. The van der Waals surface area contributed by atoms with Crippen molar-refractivity contribution in [2.75, 3.05) is 17.2 Å². The number of halogens is 2. The van der Waals surface area contributed by atoms with Crippen LogP contribution < -0.4 is 10.6 Å². The maximum atomic E-state index is 13.5. The van der Waals surface area contributed by atoms with Crippen molar-refractivity contribution in [1.29, 1.82) is 0 Å². The Hall–Kier alpha value is -2.93. The third-order valence-corrected chi connectivity index (χ3v) is 3.52. The van der Waals surface area contributed by atoms with E-state index < -0.39 is 24.2 Å². The number of carbonyl (C=O) groups is 2. The number of aryl methyl sites for hydroxylation is 2. The molecule has 0 atom stereocenters. The molecule has 0 radical (unpaired) electrons. The van der Waals surface area contributed by atoms with E-state index in [2.05, 4.69) is 15.8 Å². The Morgan fingerprint density at radius 1 is 1.15 bits per heavy atom. The molecule has 0 bridgehead atoms. The lowest BCUT2D eigenvalue weighted by molar-refractivity contribution is -0.120. The van der Waals surface area contributed by atoms with Crippen LogP contribution >= 0.6 is 11.6 Å². The van der Waals surface area contributed by atoms with Gasteiger partial charge in [-0.25, -0.2) is 4.39 Å². The van der Waals surface area contributed by atoms with E-state index in [0.717, 1.165) is 23.4 Å². The van der Waals surface area contributed by atoms with Gasteiger partial charge in [0.1, 0.15) is 12.0 Å². The van der Waals surface area contributed by atoms with Crippen LogP contribution in [0.3, 0.4) is 0 Å². The Kier molecular flexibility index (Phi) is 6.68. The molecule has 0 aliphatic carbocycles. The van der Waals surface area contributed by atoms with Crippen LogP contribution in [0.25, 0.3) is 0 Å². The van der Waals surface area contributed by atoms with Gasteiger partial charge in [0.25, 0.3) is 11.8 Å². The molecule has 6 nitrogen and oxygen atoms in total. The van der Waals surface area contributed by atoms with Gasteiger partial charge in [0, 0.05) is 10.7 Å². The first kappa shape index (κ1) is 19.4. The quantitative estimate of drug-likeness (QED) is 0.595. The van der Waals surface area contributed by atoms with Gasteiger partial charge in [-0.2, -0.15) is 0 Å². The van der Waals surface area contributed by atoms with E-state index in [9.17, 15) is 14.0 Å². The van der Waals surface area contributed by atoms with E-state index >= 15 is 0 Å². The van der Waals surface area contributed by atoms with Gasteiger partial charge in [0.05, 0.1) is 5.69 Å². The number of hydrogen-bond acceptors (Lipinski definition) is 4. The van der Waals surface area contributed by atoms with Crippen molar-refractivity contribution in [2.45, 2.75) is 13.8 Å². The van der Waals surface area contributed by atoms with Gasteiger partial charge in [0.2, 0.25) is 0 Å². The lowest BCUT2D eigenvalue weighted by Gasteiger charge is -2.07. The molecule has 0 spiro atoms. The molecule has 136 valence electrons. The summed E-state index contributed by atoms with van der Waals surface area (Å²) < 4.78 is 13.5. The smallest absolute Gasteiger partial charge is 0.270 e. The minimum absolute atomic E-state index is 0.0282. The van der Waals surface area contributed by atoms with Crippen LogP contribution in [-0.2, 0) is 14.4 Å². The highest BCUT2D eigenvalue weighted by molar-refractivity contribution is 6.31.